The van der Waals surface area contributed by atoms with Crippen LogP contribution >= 0.6 is 0 Å². The minimum Gasteiger partial charge on any atom is -0.397 e. The Balaban J connectivity index is 2.05. The van der Waals surface area contributed by atoms with Crippen LogP contribution in [0.15, 0.2) is 12.3 Å². The highest BCUT2D eigenvalue weighted by Crippen LogP contribution is 2.18. The molecule has 5 nitrogen and oxygen atoms in total. The monoisotopic (exact) mass is 278 g/mol. The van der Waals surface area contributed by atoms with Gasteiger partial charge < -0.3 is 15.2 Å². The first kappa shape index (κ1) is 14.9. The number of carbonyl (C=O) groups excluding carboxylic acids is 1. The van der Waals surface area contributed by atoms with Crippen molar-refractivity contribution in [2.45, 2.75) is 39.8 Å². The number of nitrogens with zero attached hydrogens (tertiary/aromatic N) is 3. The number of piperazine rings is 1. The van der Waals surface area contributed by atoms with Gasteiger partial charge in [-0.3, -0.25) is 9.69 Å². The summed E-state index contributed by atoms with van der Waals surface area (Å²) in [7, 11) is 0. The topological polar surface area (TPSA) is 54.5 Å². The SMILES string of the molecule is CCn1cc(N)cc1C(=O)N1CCN(C(C)(C)C)CC1. The Labute approximate surface area is 121 Å². The Hall–Kier alpha value is -1.49. The van der Waals surface area contributed by atoms with Crippen molar-refractivity contribution in [3.05, 3.63) is 18.0 Å². The molecule has 2 heterocycles. The fourth-order valence-corrected chi connectivity index (χ4v) is 2.72. The number of hydrogen-bond donors (Lipinski definition) is 1. The first-order valence-corrected chi connectivity index (χ1v) is 7.33. The number of aromatic nitrogens is 1. The maximum absolute atomic E-state index is 12.6. The largest absolute Gasteiger partial charge is 0.397 e. The molecule has 0 unspecified atom stereocenters. The van der Waals surface area contributed by atoms with Crippen LogP contribution in [0.2, 0.25) is 0 Å². The fourth-order valence-electron chi connectivity index (χ4n) is 2.72. The predicted molar refractivity (Wildman–Crippen MR) is 81.7 cm³/mol. The Morgan fingerprint density at radius 1 is 1.25 bits per heavy atom. The van der Waals surface area contributed by atoms with E-state index in [1.54, 1.807) is 6.07 Å². The molecule has 1 aromatic heterocycles. The summed E-state index contributed by atoms with van der Waals surface area (Å²) in [5, 5.41) is 0. The highest BCUT2D eigenvalue weighted by Gasteiger charge is 2.29. The summed E-state index contributed by atoms with van der Waals surface area (Å²) in [5.74, 6) is 0.0945. The molecular weight excluding hydrogens is 252 g/mol. The van der Waals surface area contributed by atoms with Crippen LogP contribution in [0.4, 0.5) is 5.69 Å². The molecule has 0 bridgehead atoms. The van der Waals surface area contributed by atoms with Gasteiger partial charge in [-0.1, -0.05) is 0 Å². The normalized spacial score (nSPS) is 17.5. The molecule has 1 aliphatic rings. The van der Waals surface area contributed by atoms with E-state index in [2.05, 4.69) is 25.7 Å². The van der Waals surface area contributed by atoms with Crippen molar-refractivity contribution in [3.8, 4) is 0 Å². The molecule has 0 saturated carbocycles. The van der Waals surface area contributed by atoms with Gasteiger partial charge in [0.05, 0.1) is 5.69 Å². The van der Waals surface area contributed by atoms with E-state index in [0.29, 0.717) is 11.4 Å². The lowest BCUT2D eigenvalue weighted by Gasteiger charge is -2.42. The van der Waals surface area contributed by atoms with Crippen molar-refractivity contribution in [3.63, 3.8) is 0 Å². The van der Waals surface area contributed by atoms with Crippen LogP contribution in [0.3, 0.4) is 0 Å². The van der Waals surface area contributed by atoms with E-state index in [1.165, 1.54) is 0 Å². The summed E-state index contributed by atoms with van der Waals surface area (Å²) < 4.78 is 1.92. The van der Waals surface area contributed by atoms with Gasteiger partial charge in [0.1, 0.15) is 5.69 Å². The molecule has 0 aliphatic carbocycles. The van der Waals surface area contributed by atoms with Gasteiger partial charge in [-0.05, 0) is 33.8 Å². The van der Waals surface area contributed by atoms with Gasteiger partial charge in [-0.2, -0.15) is 0 Å². The number of rotatable bonds is 2. The molecule has 1 amide bonds. The van der Waals surface area contributed by atoms with E-state index >= 15 is 0 Å². The number of nitrogens with two attached hydrogens (primary N) is 1. The molecule has 20 heavy (non-hydrogen) atoms. The van der Waals surface area contributed by atoms with E-state index in [0.717, 1.165) is 32.7 Å². The zero-order chi connectivity index (χ0) is 14.9. The lowest BCUT2D eigenvalue weighted by molar-refractivity contribution is 0.0443. The summed E-state index contributed by atoms with van der Waals surface area (Å²) in [6.45, 7) is 12.9. The van der Waals surface area contributed by atoms with Crippen LogP contribution in [-0.2, 0) is 6.54 Å². The summed E-state index contributed by atoms with van der Waals surface area (Å²) >= 11 is 0. The molecule has 1 aliphatic heterocycles. The van der Waals surface area contributed by atoms with E-state index in [-0.39, 0.29) is 11.4 Å². The number of amides is 1. The van der Waals surface area contributed by atoms with Gasteiger partial charge in [0.15, 0.2) is 0 Å². The van der Waals surface area contributed by atoms with Crippen molar-refractivity contribution < 1.29 is 4.79 Å². The van der Waals surface area contributed by atoms with Gasteiger partial charge in [0.25, 0.3) is 5.91 Å². The van der Waals surface area contributed by atoms with E-state index in [9.17, 15) is 4.79 Å². The number of nitrogen functional groups attached to an aromatic ring is 1. The van der Waals surface area contributed by atoms with Crippen LogP contribution < -0.4 is 5.73 Å². The number of carbonyl (C=O) groups is 1. The maximum atomic E-state index is 12.6. The second-order valence-electron chi connectivity index (χ2n) is 6.39. The van der Waals surface area contributed by atoms with Crippen molar-refractivity contribution >= 4 is 11.6 Å². The molecule has 5 heteroatoms. The zero-order valence-electron chi connectivity index (χ0n) is 13.0. The standard InChI is InChI=1S/C15H26N4O/c1-5-17-11-12(16)10-13(17)14(20)18-6-8-19(9-7-18)15(2,3)4/h10-11H,5-9,16H2,1-4H3. The second kappa shape index (κ2) is 5.48. The predicted octanol–water partition coefficient (Wildman–Crippen LogP) is 1.65. The molecule has 2 N–H and O–H groups in total. The molecule has 1 fully saturated rings. The first-order chi connectivity index (χ1) is 9.32. The Morgan fingerprint density at radius 2 is 1.85 bits per heavy atom. The Bertz CT molecular complexity index is 479. The van der Waals surface area contributed by atoms with Gasteiger partial charge in [0, 0.05) is 44.5 Å². The van der Waals surface area contributed by atoms with Crippen LogP contribution in [0, 0.1) is 0 Å². The summed E-state index contributed by atoms with van der Waals surface area (Å²) in [6, 6.07) is 1.78. The third kappa shape index (κ3) is 2.98. The van der Waals surface area contributed by atoms with Crippen molar-refractivity contribution in [1.82, 2.24) is 14.4 Å². The second-order valence-corrected chi connectivity index (χ2v) is 6.39. The van der Waals surface area contributed by atoms with Crippen molar-refractivity contribution in [2.75, 3.05) is 31.9 Å². The molecular formula is C15H26N4O. The number of hydrogen-bond acceptors (Lipinski definition) is 3. The molecule has 2 rings (SSSR count). The zero-order valence-corrected chi connectivity index (χ0v) is 13.0. The fraction of sp³-hybridized carbons (Fsp3) is 0.667. The quantitative estimate of drug-likeness (QED) is 0.895. The maximum Gasteiger partial charge on any atom is 0.270 e. The third-order valence-corrected chi connectivity index (χ3v) is 3.99. The van der Waals surface area contributed by atoms with Gasteiger partial charge in [-0.15, -0.1) is 0 Å². The summed E-state index contributed by atoms with van der Waals surface area (Å²) in [4.78, 5) is 16.9. The minimum absolute atomic E-state index is 0.0945. The minimum atomic E-state index is 0.0945. The van der Waals surface area contributed by atoms with Gasteiger partial charge >= 0.3 is 0 Å². The van der Waals surface area contributed by atoms with Crippen LogP contribution in [0.1, 0.15) is 38.2 Å². The summed E-state index contributed by atoms with van der Waals surface area (Å²) in [6.07, 6.45) is 1.83. The Kier molecular flexibility index (Phi) is 4.09. The smallest absolute Gasteiger partial charge is 0.270 e. The Morgan fingerprint density at radius 3 is 2.35 bits per heavy atom. The van der Waals surface area contributed by atoms with E-state index in [1.807, 2.05) is 22.6 Å². The molecule has 0 atom stereocenters. The molecule has 112 valence electrons. The molecule has 0 spiro atoms. The average Bonchev–Trinajstić information content (AvgIpc) is 2.78. The lowest BCUT2D eigenvalue weighted by atomic mass is 10.0. The van der Waals surface area contributed by atoms with E-state index in [4.69, 9.17) is 5.73 Å². The van der Waals surface area contributed by atoms with E-state index < -0.39 is 0 Å². The summed E-state index contributed by atoms with van der Waals surface area (Å²) in [5.41, 5.74) is 7.33. The van der Waals surface area contributed by atoms with Crippen molar-refractivity contribution in [1.29, 1.82) is 0 Å². The highest BCUT2D eigenvalue weighted by atomic mass is 16.2. The van der Waals surface area contributed by atoms with Crippen molar-refractivity contribution in [2.24, 2.45) is 0 Å². The number of anilines is 1. The average molecular weight is 278 g/mol. The number of aryl methyl sites for hydroxylation is 1. The molecule has 1 saturated heterocycles. The molecule has 1 aromatic rings. The lowest BCUT2D eigenvalue weighted by Crippen LogP contribution is -2.54. The van der Waals surface area contributed by atoms with Gasteiger partial charge in [-0.25, -0.2) is 0 Å². The van der Waals surface area contributed by atoms with Gasteiger partial charge in [0.2, 0.25) is 0 Å². The molecule has 0 aromatic carbocycles. The highest BCUT2D eigenvalue weighted by molar-refractivity contribution is 5.94. The van der Waals surface area contributed by atoms with Crippen LogP contribution in [0.25, 0.3) is 0 Å². The van der Waals surface area contributed by atoms with Crippen LogP contribution in [0.5, 0.6) is 0 Å². The third-order valence-electron chi connectivity index (χ3n) is 3.99. The first-order valence-electron chi connectivity index (χ1n) is 7.33. The molecule has 0 radical (unpaired) electrons. The van der Waals surface area contributed by atoms with Crippen LogP contribution in [-0.4, -0.2) is 52.0 Å².